The van der Waals surface area contributed by atoms with Crippen molar-refractivity contribution in [2.45, 2.75) is 13.0 Å². The molecule has 1 aliphatic heterocycles. The van der Waals surface area contributed by atoms with Crippen LogP contribution in [0.4, 0.5) is 5.69 Å². The fraction of sp³-hybridized carbons (Fsp3) is 0.400. The van der Waals surface area contributed by atoms with Gasteiger partial charge in [-0.05, 0) is 25.1 Å². The maximum absolute atomic E-state index is 11.4. The Kier molecular flexibility index (Phi) is 3.69. The van der Waals surface area contributed by atoms with Crippen LogP contribution in [0.2, 0.25) is 5.15 Å². The lowest BCUT2D eigenvalue weighted by atomic mass is 9.90. The normalized spacial score (nSPS) is 21.9. The lowest BCUT2D eigenvalue weighted by Crippen LogP contribution is -2.57. The number of pyridine rings is 1. The fourth-order valence-electron chi connectivity index (χ4n) is 3.02. The zero-order valence-corrected chi connectivity index (χ0v) is 13.9. The summed E-state index contributed by atoms with van der Waals surface area (Å²) < 4.78 is 22.9. The molecular weight excluding hydrogens is 324 g/mol. The Balaban J connectivity index is 1.94. The van der Waals surface area contributed by atoms with Gasteiger partial charge < -0.3 is 10.0 Å². The van der Waals surface area contributed by atoms with Crippen LogP contribution in [0, 0.1) is 5.92 Å². The van der Waals surface area contributed by atoms with Gasteiger partial charge in [0.2, 0.25) is 0 Å². The zero-order valence-electron chi connectivity index (χ0n) is 12.3. The van der Waals surface area contributed by atoms with Gasteiger partial charge in [0.25, 0.3) is 0 Å². The number of aromatic hydroxyl groups is 1. The van der Waals surface area contributed by atoms with Gasteiger partial charge in [-0.3, -0.25) is 0 Å². The Morgan fingerprint density at radius 1 is 1.41 bits per heavy atom. The van der Waals surface area contributed by atoms with Crippen LogP contribution in [0.25, 0.3) is 10.8 Å². The molecule has 1 N–H and O–H groups in total. The summed E-state index contributed by atoms with van der Waals surface area (Å²) in [5.74, 6) is 0.480. The van der Waals surface area contributed by atoms with Crippen molar-refractivity contribution in [3.05, 3.63) is 29.5 Å². The Hall–Kier alpha value is -1.53. The summed E-state index contributed by atoms with van der Waals surface area (Å²) in [6.45, 7) is 2.69. The first-order valence-corrected chi connectivity index (χ1v) is 9.42. The van der Waals surface area contributed by atoms with E-state index in [9.17, 15) is 13.5 Å². The second kappa shape index (κ2) is 5.28. The van der Waals surface area contributed by atoms with E-state index in [1.165, 1.54) is 6.26 Å². The summed E-state index contributed by atoms with van der Waals surface area (Å²) in [7, 11) is -2.97. The van der Waals surface area contributed by atoms with E-state index in [1.54, 1.807) is 18.3 Å². The predicted octanol–water partition coefficient (Wildman–Crippen LogP) is 2.46. The summed E-state index contributed by atoms with van der Waals surface area (Å²) in [4.78, 5) is 6.22. The second-order valence-corrected chi connectivity index (χ2v) is 8.47. The third-order valence-electron chi connectivity index (χ3n) is 4.25. The van der Waals surface area contributed by atoms with Gasteiger partial charge in [0.15, 0.2) is 0 Å². The molecule has 1 aromatic heterocycles. The quantitative estimate of drug-likeness (QED) is 0.869. The number of rotatable bonds is 3. The summed E-state index contributed by atoms with van der Waals surface area (Å²) in [6.07, 6.45) is 2.91. The molecule has 1 saturated heterocycles. The maximum Gasteiger partial charge on any atom is 0.147 e. The number of fused-ring (bicyclic) bond motifs is 1. The zero-order chi connectivity index (χ0) is 16.1. The Morgan fingerprint density at radius 3 is 2.77 bits per heavy atom. The van der Waals surface area contributed by atoms with E-state index in [4.69, 9.17) is 11.6 Å². The van der Waals surface area contributed by atoms with Gasteiger partial charge in [-0.15, -0.1) is 0 Å². The van der Waals surface area contributed by atoms with Gasteiger partial charge in [0, 0.05) is 47.4 Å². The Bertz CT molecular complexity index is 838. The van der Waals surface area contributed by atoms with Crippen LogP contribution in [-0.2, 0) is 9.84 Å². The molecule has 0 saturated carbocycles. The first-order chi connectivity index (χ1) is 10.3. The van der Waals surface area contributed by atoms with Crippen molar-refractivity contribution >= 4 is 37.9 Å². The molecule has 2 atom stereocenters. The molecule has 0 spiro atoms. The van der Waals surface area contributed by atoms with Crippen LogP contribution in [0.3, 0.4) is 0 Å². The molecule has 5 nitrogen and oxygen atoms in total. The van der Waals surface area contributed by atoms with E-state index in [0.717, 1.165) is 11.1 Å². The minimum absolute atomic E-state index is 0.123. The third-order valence-corrected chi connectivity index (χ3v) is 5.49. The highest BCUT2D eigenvalue weighted by atomic mass is 35.5. The molecule has 22 heavy (non-hydrogen) atoms. The molecule has 2 heterocycles. The predicted molar refractivity (Wildman–Crippen MR) is 88.4 cm³/mol. The van der Waals surface area contributed by atoms with E-state index >= 15 is 0 Å². The van der Waals surface area contributed by atoms with Crippen LogP contribution in [0.5, 0.6) is 5.75 Å². The van der Waals surface area contributed by atoms with Crippen molar-refractivity contribution in [1.82, 2.24) is 4.98 Å². The third kappa shape index (κ3) is 2.73. The molecule has 0 radical (unpaired) electrons. The van der Waals surface area contributed by atoms with E-state index in [0.29, 0.717) is 17.1 Å². The highest BCUT2D eigenvalue weighted by molar-refractivity contribution is 7.90. The fourth-order valence-corrected chi connectivity index (χ4v) is 4.34. The van der Waals surface area contributed by atoms with E-state index < -0.39 is 9.84 Å². The smallest absolute Gasteiger partial charge is 0.147 e. The summed E-state index contributed by atoms with van der Waals surface area (Å²) >= 11 is 5.89. The largest absolute Gasteiger partial charge is 0.507 e. The maximum atomic E-state index is 11.4. The molecule has 0 amide bonds. The first kappa shape index (κ1) is 15.4. The molecule has 0 bridgehead atoms. The highest BCUT2D eigenvalue weighted by Gasteiger charge is 2.38. The summed E-state index contributed by atoms with van der Waals surface area (Å²) in [6, 6.07) is 5.22. The molecule has 1 aromatic carbocycles. The standard InChI is InChI=1S/C15H17ClN2O3S/c1-9-10(8-22(2,20)21)7-18(9)13-3-4-14(19)11-5-15(16)17-6-12(11)13/h3-6,9-10,19H,7-8H2,1-2H3/t9-,10-/m1/s1. The molecule has 0 unspecified atom stereocenters. The molecule has 1 fully saturated rings. The number of hydrogen-bond donors (Lipinski definition) is 1. The number of phenols is 1. The van der Waals surface area contributed by atoms with Crippen molar-refractivity contribution in [1.29, 1.82) is 0 Å². The SMILES string of the molecule is C[C@@H]1[C@@H](CS(C)(=O)=O)CN1c1ccc(O)c2cc(Cl)ncc12. The van der Waals surface area contributed by atoms with Crippen LogP contribution in [0.1, 0.15) is 6.92 Å². The van der Waals surface area contributed by atoms with Gasteiger partial charge >= 0.3 is 0 Å². The molecule has 118 valence electrons. The number of halogens is 1. The van der Waals surface area contributed by atoms with E-state index in [2.05, 4.69) is 9.88 Å². The summed E-state index contributed by atoms with van der Waals surface area (Å²) in [5, 5.41) is 11.8. The minimum atomic E-state index is -2.97. The second-order valence-electron chi connectivity index (χ2n) is 5.90. The van der Waals surface area contributed by atoms with E-state index in [1.807, 2.05) is 13.0 Å². The minimum Gasteiger partial charge on any atom is -0.507 e. The average molecular weight is 341 g/mol. The van der Waals surface area contributed by atoms with Crippen LogP contribution in [-0.4, -0.2) is 43.1 Å². The van der Waals surface area contributed by atoms with Crippen LogP contribution < -0.4 is 4.90 Å². The monoisotopic (exact) mass is 340 g/mol. The lowest BCUT2D eigenvalue weighted by molar-refractivity contribution is 0.342. The number of benzene rings is 1. The lowest BCUT2D eigenvalue weighted by Gasteiger charge is -2.48. The van der Waals surface area contributed by atoms with Crippen LogP contribution >= 0.6 is 11.6 Å². The van der Waals surface area contributed by atoms with Crippen molar-refractivity contribution < 1.29 is 13.5 Å². The molecule has 7 heteroatoms. The molecule has 3 rings (SSSR count). The van der Waals surface area contributed by atoms with E-state index in [-0.39, 0.29) is 23.5 Å². The Morgan fingerprint density at radius 2 is 2.14 bits per heavy atom. The topological polar surface area (TPSA) is 70.5 Å². The molecule has 1 aliphatic rings. The van der Waals surface area contributed by atoms with Crippen molar-refractivity contribution in [3.8, 4) is 5.75 Å². The van der Waals surface area contributed by atoms with Crippen molar-refractivity contribution in [2.75, 3.05) is 23.5 Å². The summed E-state index contributed by atoms with van der Waals surface area (Å²) in [5.41, 5.74) is 0.939. The molecule has 0 aliphatic carbocycles. The molecular formula is C15H17ClN2O3S. The Labute approximate surface area is 134 Å². The molecule has 2 aromatic rings. The number of nitrogens with zero attached hydrogens (tertiary/aromatic N) is 2. The van der Waals surface area contributed by atoms with Crippen LogP contribution in [0.15, 0.2) is 24.4 Å². The number of aromatic nitrogens is 1. The average Bonchev–Trinajstić information content (AvgIpc) is 2.43. The van der Waals surface area contributed by atoms with Crippen molar-refractivity contribution in [2.24, 2.45) is 5.92 Å². The highest BCUT2D eigenvalue weighted by Crippen LogP contribution is 2.39. The number of anilines is 1. The number of sulfone groups is 1. The van der Waals surface area contributed by atoms with Gasteiger partial charge in [0.05, 0.1) is 5.75 Å². The number of hydrogen-bond acceptors (Lipinski definition) is 5. The van der Waals surface area contributed by atoms with Gasteiger partial charge in [-0.25, -0.2) is 13.4 Å². The van der Waals surface area contributed by atoms with Gasteiger partial charge in [-0.2, -0.15) is 0 Å². The first-order valence-electron chi connectivity index (χ1n) is 6.98. The number of phenolic OH excluding ortho intramolecular Hbond substituents is 1. The van der Waals surface area contributed by atoms with Gasteiger partial charge in [0.1, 0.15) is 20.7 Å². The van der Waals surface area contributed by atoms with Crippen molar-refractivity contribution in [3.63, 3.8) is 0 Å². The van der Waals surface area contributed by atoms with Gasteiger partial charge in [-0.1, -0.05) is 11.6 Å².